The van der Waals surface area contributed by atoms with E-state index in [0.29, 0.717) is 17.3 Å². The predicted molar refractivity (Wildman–Crippen MR) is 73.0 cm³/mol. The van der Waals surface area contributed by atoms with Crippen LogP contribution in [0.25, 0.3) is 0 Å². The quantitative estimate of drug-likeness (QED) is 0.728. The highest BCUT2D eigenvalue weighted by molar-refractivity contribution is 5.91. The first-order valence-electron chi connectivity index (χ1n) is 5.86. The molecule has 0 saturated heterocycles. The van der Waals surface area contributed by atoms with Crippen molar-refractivity contribution in [1.29, 1.82) is 0 Å². The smallest absolute Gasteiger partial charge is 0.263 e. The molecule has 0 fully saturated rings. The van der Waals surface area contributed by atoms with E-state index >= 15 is 0 Å². The first-order chi connectivity index (χ1) is 9.06. The molecule has 2 rings (SSSR count). The van der Waals surface area contributed by atoms with Crippen LogP contribution in [0.4, 0.5) is 11.5 Å². The van der Waals surface area contributed by atoms with E-state index in [1.807, 2.05) is 13.8 Å². The van der Waals surface area contributed by atoms with Crippen LogP contribution in [0.2, 0.25) is 0 Å². The van der Waals surface area contributed by atoms with Crippen LogP contribution in [0.1, 0.15) is 11.3 Å². The van der Waals surface area contributed by atoms with Crippen LogP contribution in [-0.2, 0) is 4.79 Å². The van der Waals surface area contributed by atoms with Crippen molar-refractivity contribution in [3.8, 4) is 5.75 Å². The fourth-order valence-corrected chi connectivity index (χ4v) is 1.49. The minimum Gasteiger partial charge on any atom is -0.484 e. The fraction of sp³-hybridized carbons (Fsp3) is 0.231. The van der Waals surface area contributed by atoms with Gasteiger partial charge in [-0.2, -0.15) is 5.10 Å². The zero-order valence-electron chi connectivity index (χ0n) is 10.9. The van der Waals surface area contributed by atoms with Gasteiger partial charge in [0.25, 0.3) is 5.91 Å². The molecule has 1 aromatic carbocycles. The Balaban J connectivity index is 1.88. The number of nitrogens with one attached hydrogen (secondary N) is 2. The number of aromatic amines is 1. The van der Waals surface area contributed by atoms with Crippen LogP contribution >= 0.6 is 0 Å². The summed E-state index contributed by atoms with van der Waals surface area (Å²) in [6.07, 6.45) is 0. The van der Waals surface area contributed by atoms with Crippen LogP contribution in [0.3, 0.4) is 0 Å². The number of nitrogens with two attached hydrogens (primary N) is 1. The number of hydrogen-bond donors (Lipinski definition) is 3. The lowest BCUT2D eigenvalue weighted by Crippen LogP contribution is -2.20. The summed E-state index contributed by atoms with van der Waals surface area (Å²) >= 11 is 0. The van der Waals surface area contributed by atoms with Crippen LogP contribution in [0.15, 0.2) is 24.3 Å². The average molecular weight is 260 g/mol. The van der Waals surface area contributed by atoms with Crippen LogP contribution in [0, 0.1) is 13.8 Å². The van der Waals surface area contributed by atoms with E-state index in [-0.39, 0.29) is 12.5 Å². The number of aryl methyl sites for hydroxylation is 1. The molecule has 1 heterocycles. The van der Waals surface area contributed by atoms with Gasteiger partial charge in [-0.05, 0) is 38.1 Å². The van der Waals surface area contributed by atoms with E-state index in [0.717, 1.165) is 11.3 Å². The largest absolute Gasteiger partial charge is 0.484 e. The molecular weight excluding hydrogens is 244 g/mol. The van der Waals surface area contributed by atoms with Crippen LogP contribution in [0.5, 0.6) is 5.75 Å². The van der Waals surface area contributed by atoms with Gasteiger partial charge in [0.1, 0.15) is 5.75 Å². The van der Waals surface area contributed by atoms with E-state index in [1.54, 1.807) is 24.3 Å². The summed E-state index contributed by atoms with van der Waals surface area (Å²) in [4.78, 5) is 11.7. The molecule has 1 aromatic heterocycles. The van der Waals surface area contributed by atoms with E-state index in [4.69, 9.17) is 10.5 Å². The van der Waals surface area contributed by atoms with Crippen LogP contribution in [-0.4, -0.2) is 22.7 Å². The molecule has 0 unspecified atom stereocenters. The molecule has 0 radical (unpaired) electrons. The second kappa shape index (κ2) is 5.43. The molecule has 0 spiro atoms. The summed E-state index contributed by atoms with van der Waals surface area (Å²) in [5.41, 5.74) is 8.05. The number of hydrogen-bond acceptors (Lipinski definition) is 4. The molecule has 2 aromatic rings. The molecule has 0 aliphatic rings. The average Bonchev–Trinajstić information content (AvgIpc) is 2.70. The van der Waals surface area contributed by atoms with Crippen molar-refractivity contribution in [2.24, 2.45) is 0 Å². The zero-order chi connectivity index (χ0) is 13.8. The van der Waals surface area contributed by atoms with Gasteiger partial charge in [0.05, 0.1) is 0 Å². The number of amides is 1. The first kappa shape index (κ1) is 12.9. The summed E-state index contributed by atoms with van der Waals surface area (Å²) in [6, 6.07) is 6.86. The maximum Gasteiger partial charge on any atom is 0.263 e. The van der Waals surface area contributed by atoms with Crippen molar-refractivity contribution in [3.05, 3.63) is 35.5 Å². The molecule has 100 valence electrons. The Morgan fingerprint density at radius 1 is 1.37 bits per heavy atom. The molecule has 0 aliphatic heterocycles. The molecular formula is C13H16N4O2. The van der Waals surface area contributed by atoms with Crippen molar-refractivity contribution in [2.75, 3.05) is 17.7 Å². The molecule has 6 nitrogen and oxygen atoms in total. The normalized spacial score (nSPS) is 10.2. The maximum atomic E-state index is 11.7. The topological polar surface area (TPSA) is 93.0 Å². The minimum absolute atomic E-state index is 0.0741. The zero-order valence-corrected chi connectivity index (χ0v) is 10.9. The highest BCUT2D eigenvalue weighted by Gasteiger charge is 2.09. The van der Waals surface area contributed by atoms with E-state index in [2.05, 4.69) is 15.5 Å². The first-order valence-corrected chi connectivity index (χ1v) is 5.86. The Labute approximate surface area is 111 Å². The Morgan fingerprint density at radius 2 is 2.05 bits per heavy atom. The fourth-order valence-electron chi connectivity index (χ4n) is 1.49. The van der Waals surface area contributed by atoms with Gasteiger partial charge in [0, 0.05) is 16.9 Å². The van der Waals surface area contributed by atoms with Gasteiger partial charge in [-0.15, -0.1) is 0 Å². The van der Waals surface area contributed by atoms with Gasteiger partial charge < -0.3 is 15.8 Å². The number of ether oxygens (including phenoxy) is 1. The van der Waals surface area contributed by atoms with Crippen molar-refractivity contribution >= 4 is 17.4 Å². The predicted octanol–water partition coefficient (Wildman–Crippen LogP) is 1.63. The summed E-state index contributed by atoms with van der Waals surface area (Å²) in [6.45, 7) is 3.70. The molecule has 0 bridgehead atoms. The van der Waals surface area contributed by atoms with E-state index in [1.165, 1.54) is 0 Å². The number of nitrogen functional groups attached to an aromatic ring is 1. The van der Waals surface area contributed by atoms with Crippen molar-refractivity contribution < 1.29 is 9.53 Å². The van der Waals surface area contributed by atoms with Crippen LogP contribution < -0.4 is 15.8 Å². The lowest BCUT2D eigenvalue weighted by molar-refractivity contribution is -0.118. The van der Waals surface area contributed by atoms with Gasteiger partial charge in [-0.25, -0.2) is 0 Å². The summed E-state index contributed by atoms with van der Waals surface area (Å²) in [5.74, 6) is 0.870. The Hall–Kier alpha value is -2.50. The molecule has 0 saturated carbocycles. The van der Waals surface area contributed by atoms with Crippen molar-refractivity contribution in [1.82, 2.24) is 10.2 Å². The number of benzene rings is 1. The third-order valence-corrected chi connectivity index (χ3v) is 2.76. The Kier molecular flexibility index (Phi) is 3.70. The molecule has 1 amide bonds. The minimum atomic E-state index is -0.258. The Morgan fingerprint density at radius 3 is 2.63 bits per heavy atom. The third-order valence-electron chi connectivity index (χ3n) is 2.76. The summed E-state index contributed by atoms with van der Waals surface area (Å²) in [7, 11) is 0. The number of rotatable bonds is 4. The number of H-pyrrole nitrogens is 1. The van der Waals surface area contributed by atoms with Crippen molar-refractivity contribution in [3.63, 3.8) is 0 Å². The van der Waals surface area contributed by atoms with Gasteiger partial charge in [0.15, 0.2) is 12.4 Å². The summed E-state index contributed by atoms with van der Waals surface area (Å²) < 4.78 is 5.34. The summed E-state index contributed by atoms with van der Waals surface area (Å²) in [5, 5.41) is 9.48. The lowest BCUT2D eigenvalue weighted by Gasteiger charge is -2.06. The number of aromatic nitrogens is 2. The highest BCUT2D eigenvalue weighted by atomic mass is 16.5. The number of nitrogens with zero attached hydrogens (tertiary/aromatic N) is 1. The van der Waals surface area contributed by atoms with Gasteiger partial charge in [-0.1, -0.05) is 0 Å². The van der Waals surface area contributed by atoms with E-state index < -0.39 is 0 Å². The van der Waals surface area contributed by atoms with Gasteiger partial charge >= 0.3 is 0 Å². The molecule has 0 aliphatic carbocycles. The molecule has 19 heavy (non-hydrogen) atoms. The van der Waals surface area contributed by atoms with Crippen molar-refractivity contribution in [2.45, 2.75) is 13.8 Å². The molecule has 0 atom stereocenters. The second-order valence-corrected chi connectivity index (χ2v) is 4.23. The Bertz CT molecular complexity index is 575. The number of carbonyl (C=O) groups is 1. The third kappa shape index (κ3) is 3.25. The molecule has 4 N–H and O–H groups in total. The monoisotopic (exact) mass is 260 g/mol. The van der Waals surface area contributed by atoms with Gasteiger partial charge in [0.2, 0.25) is 0 Å². The molecule has 6 heteroatoms. The second-order valence-electron chi connectivity index (χ2n) is 4.23. The number of anilines is 2. The highest BCUT2D eigenvalue weighted by Crippen LogP contribution is 2.15. The standard InChI is InChI=1S/C13H16N4O2/c1-8-9(2)16-17-13(8)15-12(18)7-19-11-5-3-10(14)4-6-11/h3-6H,7,14H2,1-2H3,(H2,15,16,17,18). The maximum absolute atomic E-state index is 11.7. The van der Waals surface area contributed by atoms with E-state index in [9.17, 15) is 4.79 Å². The lowest BCUT2D eigenvalue weighted by atomic mass is 10.3. The number of carbonyl (C=O) groups excluding carboxylic acids is 1. The SMILES string of the molecule is Cc1[nH]nc(NC(=O)COc2ccc(N)cc2)c1C. The van der Waals surface area contributed by atoms with Gasteiger partial charge in [-0.3, -0.25) is 9.89 Å².